The molecule has 1 amide bonds. The van der Waals surface area contributed by atoms with E-state index in [1.165, 1.54) is 12.4 Å². The van der Waals surface area contributed by atoms with Gasteiger partial charge in [-0.2, -0.15) is 0 Å². The first kappa shape index (κ1) is 18.0. The van der Waals surface area contributed by atoms with Crippen molar-refractivity contribution in [2.24, 2.45) is 0 Å². The zero-order valence-electron chi connectivity index (χ0n) is 13.4. The highest BCUT2D eigenvalue weighted by atomic mass is 32.2. The number of sulfone groups is 1. The molecule has 0 aliphatic rings. The number of carbonyl (C=O) groups is 1. The van der Waals surface area contributed by atoms with Crippen molar-refractivity contribution in [3.8, 4) is 11.1 Å². The topological polar surface area (TPSA) is 109 Å². The van der Waals surface area contributed by atoms with Gasteiger partial charge in [0.15, 0.2) is 9.84 Å². The highest BCUT2D eigenvalue weighted by Crippen LogP contribution is 2.23. The monoisotopic (exact) mass is 349 g/mol. The Kier molecular flexibility index (Phi) is 5.30. The lowest BCUT2D eigenvalue weighted by molar-refractivity contribution is -0.131. The highest BCUT2D eigenvalue weighted by Gasteiger charge is 2.43. The molecule has 0 radical (unpaired) electrons. The molecule has 0 aliphatic carbocycles. The van der Waals surface area contributed by atoms with Gasteiger partial charge in [0.25, 0.3) is 5.91 Å². The largest absolute Gasteiger partial charge is 0.289 e. The zero-order chi connectivity index (χ0) is 17.8. The van der Waals surface area contributed by atoms with Crippen molar-refractivity contribution >= 4 is 15.7 Å². The maximum atomic E-state index is 11.9. The fourth-order valence-electron chi connectivity index (χ4n) is 2.20. The first-order chi connectivity index (χ1) is 11.3. The second-order valence-corrected chi connectivity index (χ2v) is 8.14. The van der Waals surface area contributed by atoms with Crippen molar-refractivity contribution < 1.29 is 18.4 Å². The van der Waals surface area contributed by atoms with Crippen LogP contribution < -0.4 is 5.48 Å². The summed E-state index contributed by atoms with van der Waals surface area (Å²) in [6.45, 7) is 1.27. The summed E-state index contributed by atoms with van der Waals surface area (Å²) in [6, 6.07) is 9.61. The van der Waals surface area contributed by atoms with Crippen LogP contribution in [0.5, 0.6) is 0 Å². The van der Waals surface area contributed by atoms with Crippen LogP contribution >= 0.6 is 0 Å². The van der Waals surface area contributed by atoms with Gasteiger partial charge in [-0.25, -0.2) is 23.9 Å². The Morgan fingerprint density at radius 3 is 2.25 bits per heavy atom. The van der Waals surface area contributed by atoms with Crippen LogP contribution in [-0.2, 0) is 21.1 Å². The molecule has 1 heterocycles. The van der Waals surface area contributed by atoms with E-state index in [4.69, 9.17) is 5.21 Å². The highest BCUT2D eigenvalue weighted by molar-refractivity contribution is 7.92. The lowest BCUT2D eigenvalue weighted by Crippen LogP contribution is -2.49. The Labute approximate surface area is 140 Å². The third-order valence-corrected chi connectivity index (χ3v) is 6.06. The van der Waals surface area contributed by atoms with Crippen LogP contribution in [0.3, 0.4) is 0 Å². The smallest absolute Gasteiger partial charge is 0.264 e. The molecule has 2 N–H and O–H groups in total. The predicted molar refractivity (Wildman–Crippen MR) is 89.0 cm³/mol. The van der Waals surface area contributed by atoms with Gasteiger partial charge in [0, 0.05) is 30.6 Å². The van der Waals surface area contributed by atoms with Crippen LogP contribution in [0.25, 0.3) is 11.1 Å². The maximum absolute atomic E-state index is 11.9. The molecule has 7 nitrogen and oxygen atoms in total. The molecule has 1 atom stereocenters. The van der Waals surface area contributed by atoms with Gasteiger partial charge >= 0.3 is 0 Å². The molecular weight excluding hydrogens is 330 g/mol. The minimum Gasteiger partial charge on any atom is -0.289 e. The van der Waals surface area contributed by atoms with Crippen LogP contribution in [0.1, 0.15) is 19.2 Å². The normalized spacial score (nSPS) is 14.0. The molecule has 2 aromatic rings. The van der Waals surface area contributed by atoms with Gasteiger partial charge in [-0.15, -0.1) is 0 Å². The number of aromatic nitrogens is 2. The second kappa shape index (κ2) is 7.06. The number of nitrogens with one attached hydrogen (secondary N) is 1. The van der Waals surface area contributed by atoms with Crippen molar-refractivity contribution in [2.75, 3.05) is 6.26 Å². The molecule has 8 heteroatoms. The van der Waals surface area contributed by atoms with E-state index in [2.05, 4.69) is 9.97 Å². The summed E-state index contributed by atoms with van der Waals surface area (Å²) in [7, 11) is -3.72. The fraction of sp³-hybridized carbons (Fsp3) is 0.312. The molecule has 0 aliphatic heterocycles. The summed E-state index contributed by atoms with van der Waals surface area (Å²) >= 11 is 0. The zero-order valence-corrected chi connectivity index (χ0v) is 14.2. The number of aryl methyl sites for hydroxylation is 1. The Morgan fingerprint density at radius 1 is 1.17 bits per heavy atom. The lowest BCUT2D eigenvalue weighted by atomic mass is 10.0. The number of rotatable bonds is 6. The SMILES string of the molecule is C[C@](CCc1ncc(-c2ccccc2)cn1)(C(=O)NO)S(C)(=O)=O. The fourth-order valence-corrected chi connectivity index (χ4v) is 3.05. The minimum absolute atomic E-state index is 0.0388. The lowest BCUT2D eigenvalue weighted by Gasteiger charge is -2.24. The quantitative estimate of drug-likeness (QED) is 0.602. The van der Waals surface area contributed by atoms with Gasteiger partial charge in [-0.05, 0) is 18.9 Å². The van der Waals surface area contributed by atoms with Crippen LogP contribution in [0.15, 0.2) is 42.7 Å². The molecule has 128 valence electrons. The summed E-state index contributed by atoms with van der Waals surface area (Å²) in [5.74, 6) is -0.541. The number of nitrogens with zero attached hydrogens (tertiary/aromatic N) is 2. The van der Waals surface area contributed by atoms with Gasteiger partial charge in [0.1, 0.15) is 10.6 Å². The maximum Gasteiger partial charge on any atom is 0.264 e. The van der Waals surface area contributed by atoms with Crippen molar-refractivity contribution in [1.29, 1.82) is 0 Å². The van der Waals surface area contributed by atoms with Gasteiger partial charge in [0.2, 0.25) is 0 Å². The molecule has 1 aromatic carbocycles. The van der Waals surface area contributed by atoms with Gasteiger partial charge in [-0.3, -0.25) is 10.0 Å². The minimum atomic E-state index is -3.72. The van der Waals surface area contributed by atoms with Crippen molar-refractivity contribution in [2.45, 2.75) is 24.5 Å². The van der Waals surface area contributed by atoms with Crippen LogP contribution in [0, 0.1) is 0 Å². The summed E-state index contributed by atoms with van der Waals surface area (Å²) in [4.78, 5) is 20.2. The molecule has 1 aromatic heterocycles. The Bertz CT molecular complexity index is 807. The summed E-state index contributed by atoms with van der Waals surface area (Å²) < 4.78 is 22.1. The van der Waals surface area contributed by atoms with E-state index in [1.807, 2.05) is 30.3 Å². The summed E-state index contributed by atoms with van der Waals surface area (Å²) in [6.07, 6.45) is 4.42. The van der Waals surface area contributed by atoms with E-state index in [1.54, 1.807) is 12.4 Å². The standard InChI is InChI=1S/C16H19N3O4S/c1-16(15(20)19-21,24(2,22)23)9-8-14-17-10-13(11-18-14)12-6-4-3-5-7-12/h3-7,10-11,21H,8-9H2,1-2H3,(H,19,20)/t16-/m0/s1. The molecule has 0 fully saturated rings. The second-order valence-electron chi connectivity index (χ2n) is 5.70. The molecule has 0 bridgehead atoms. The average Bonchev–Trinajstić information content (AvgIpc) is 2.59. The van der Waals surface area contributed by atoms with E-state index < -0.39 is 20.5 Å². The number of hydrogen-bond acceptors (Lipinski definition) is 6. The van der Waals surface area contributed by atoms with E-state index in [9.17, 15) is 13.2 Å². The molecular formula is C16H19N3O4S. The number of carbonyl (C=O) groups excluding carboxylic acids is 1. The van der Waals surface area contributed by atoms with E-state index in [0.29, 0.717) is 5.82 Å². The first-order valence-corrected chi connectivity index (χ1v) is 9.17. The molecule has 24 heavy (non-hydrogen) atoms. The molecule has 0 spiro atoms. The third-order valence-electron chi connectivity index (χ3n) is 4.04. The van der Waals surface area contributed by atoms with Gasteiger partial charge in [-0.1, -0.05) is 30.3 Å². The van der Waals surface area contributed by atoms with E-state index in [0.717, 1.165) is 17.4 Å². The van der Waals surface area contributed by atoms with E-state index >= 15 is 0 Å². The first-order valence-electron chi connectivity index (χ1n) is 7.28. The Morgan fingerprint density at radius 2 is 1.75 bits per heavy atom. The van der Waals surface area contributed by atoms with Crippen molar-refractivity contribution in [3.63, 3.8) is 0 Å². The predicted octanol–water partition coefficient (Wildman–Crippen LogP) is 1.38. The van der Waals surface area contributed by atoms with Crippen LogP contribution in [0.2, 0.25) is 0 Å². The number of amides is 1. The number of hydrogen-bond donors (Lipinski definition) is 2. The van der Waals surface area contributed by atoms with Gasteiger partial charge in [0.05, 0.1) is 0 Å². The van der Waals surface area contributed by atoms with Crippen molar-refractivity contribution in [1.82, 2.24) is 15.4 Å². The summed E-state index contributed by atoms with van der Waals surface area (Å²) in [5.41, 5.74) is 3.24. The van der Waals surface area contributed by atoms with Gasteiger partial charge < -0.3 is 0 Å². The van der Waals surface area contributed by atoms with Crippen LogP contribution in [0.4, 0.5) is 0 Å². The molecule has 0 saturated carbocycles. The average molecular weight is 349 g/mol. The molecule has 2 rings (SSSR count). The number of hydroxylamine groups is 1. The van der Waals surface area contributed by atoms with E-state index in [-0.39, 0.29) is 12.8 Å². The Hall–Kier alpha value is -2.32. The molecule has 0 unspecified atom stereocenters. The van der Waals surface area contributed by atoms with Crippen LogP contribution in [-0.4, -0.2) is 40.5 Å². The molecule has 0 saturated heterocycles. The van der Waals surface area contributed by atoms with Crippen molar-refractivity contribution in [3.05, 3.63) is 48.5 Å². The third kappa shape index (κ3) is 3.77. The Balaban J connectivity index is 2.15. The number of benzene rings is 1. The summed E-state index contributed by atoms with van der Waals surface area (Å²) in [5, 5.41) is 8.80.